The van der Waals surface area contributed by atoms with Crippen LogP contribution in [0.1, 0.15) is 23.9 Å². The molecule has 2 aromatic carbocycles. The van der Waals surface area contributed by atoms with Crippen LogP contribution in [-0.4, -0.2) is 21.9 Å². The summed E-state index contributed by atoms with van der Waals surface area (Å²) >= 11 is 7.10. The van der Waals surface area contributed by atoms with Crippen LogP contribution in [0.25, 0.3) is 0 Å². The molecule has 1 heterocycles. The van der Waals surface area contributed by atoms with Crippen LogP contribution >= 0.6 is 23.4 Å². The van der Waals surface area contributed by atoms with E-state index in [9.17, 15) is 4.79 Å². The van der Waals surface area contributed by atoms with E-state index in [4.69, 9.17) is 16.0 Å². The molecule has 0 aliphatic rings. The van der Waals surface area contributed by atoms with Gasteiger partial charge in [0.2, 0.25) is 11.8 Å². The number of nitrogens with one attached hydrogen (secondary N) is 1. The molecule has 5 nitrogen and oxygen atoms in total. The Balaban J connectivity index is 1.50. The minimum atomic E-state index is -0.160. The van der Waals surface area contributed by atoms with Crippen LogP contribution < -0.4 is 5.32 Å². The molecule has 3 aromatic rings. The molecule has 0 saturated carbocycles. The highest BCUT2D eigenvalue weighted by Crippen LogP contribution is 2.19. The van der Waals surface area contributed by atoms with Crippen LogP contribution in [0, 0.1) is 0 Å². The second-order valence-corrected chi connectivity index (χ2v) is 7.02. The van der Waals surface area contributed by atoms with Gasteiger partial charge in [-0.15, -0.1) is 10.2 Å². The molecule has 1 N–H and O–H groups in total. The van der Waals surface area contributed by atoms with E-state index in [1.807, 2.05) is 0 Å². The van der Waals surface area contributed by atoms with Crippen molar-refractivity contribution in [3.63, 3.8) is 0 Å². The molecule has 3 rings (SSSR count). The Labute approximate surface area is 161 Å². The highest BCUT2D eigenvalue weighted by atomic mass is 35.5. The van der Waals surface area contributed by atoms with E-state index in [0.29, 0.717) is 28.2 Å². The summed E-state index contributed by atoms with van der Waals surface area (Å²) in [5, 5.41) is 11.8. The minimum Gasteiger partial charge on any atom is -0.416 e. The molecule has 1 amide bonds. The van der Waals surface area contributed by atoms with Crippen LogP contribution in [0.15, 0.2) is 58.2 Å². The zero-order valence-electron chi connectivity index (χ0n) is 14.2. The number of anilines is 1. The molecule has 0 saturated heterocycles. The summed E-state index contributed by atoms with van der Waals surface area (Å²) in [4.78, 5) is 12.0. The van der Waals surface area contributed by atoms with Crippen molar-refractivity contribution in [3.8, 4) is 0 Å². The normalized spacial score (nSPS) is 10.7. The Hall–Kier alpha value is -2.31. The molecule has 0 radical (unpaired) electrons. The third-order valence-corrected chi connectivity index (χ3v) is 4.72. The molecular formula is C19H18ClN3O2S. The van der Waals surface area contributed by atoms with Crippen LogP contribution in [0.3, 0.4) is 0 Å². The van der Waals surface area contributed by atoms with Gasteiger partial charge in [0.05, 0.1) is 12.2 Å². The number of hydrogen-bond donors (Lipinski definition) is 1. The lowest BCUT2D eigenvalue weighted by Gasteiger charge is -2.03. The molecule has 0 aliphatic heterocycles. The summed E-state index contributed by atoms with van der Waals surface area (Å²) in [7, 11) is 0. The van der Waals surface area contributed by atoms with Crippen LogP contribution in [-0.2, 0) is 17.6 Å². The topological polar surface area (TPSA) is 68.0 Å². The van der Waals surface area contributed by atoms with Crippen molar-refractivity contribution in [2.45, 2.75) is 25.0 Å². The predicted octanol–water partition coefficient (Wildman–Crippen LogP) is 4.61. The predicted molar refractivity (Wildman–Crippen MR) is 104 cm³/mol. The third-order valence-electron chi connectivity index (χ3n) is 3.67. The maximum absolute atomic E-state index is 12.0. The smallest absolute Gasteiger partial charge is 0.277 e. The Morgan fingerprint density at radius 1 is 1.15 bits per heavy atom. The Kier molecular flexibility index (Phi) is 6.30. The lowest BCUT2D eigenvalue weighted by atomic mass is 10.1. The average molecular weight is 388 g/mol. The van der Waals surface area contributed by atoms with Crippen molar-refractivity contribution in [2.75, 3.05) is 11.1 Å². The molecule has 0 fully saturated rings. The van der Waals surface area contributed by atoms with E-state index in [-0.39, 0.29) is 11.7 Å². The van der Waals surface area contributed by atoms with E-state index < -0.39 is 0 Å². The number of amides is 1. The van der Waals surface area contributed by atoms with Crippen molar-refractivity contribution in [3.05, 3.63) is 70.6 Å². The average Bonchev–Trinajstić information content (AvgIpc) is 3.08. The molecule has 0 unspecified atom stereocenters. The number of carbonyl (C=O) groups excluding carboxylic acids is 1. The molecule has 134 valence electrons. The minimum absolute atomic E-state index is 0.160. The van der Waals surface area contributed by atoms with E-state index in [1.165, 1.54) is 17.3 Å². The molecule has 7 heteroatoms. The van der Waals surface area contributed by atoms with Crippen LogP contribution in [0.5, 0.6) is 0 Å². The van der Waals surface area contributed by atoms with Crippen molar-refractivity contribution in [2.24, 2.45) is 0 Å². The molecule has 26 heavy (non-hydrogen) atoms. The quantitative estimate of drug-likeness (QED) is 0.599. The third kappa shape index (κ3) is 5.34. The van der Waals surface area contributed by atoms with Gasteiger partial charge in [0, 0.05) is 10.7 Å². The summed E-state index contributed by atoms with van der Waals surface area (Å²) in [6, 6.07) is 15.3. The van der Waals surface area contributed by atoms with Gasteiger partial charge in [-0.05, 0) is 35.7 Å². The van der Waals surface area contributed by atoms with Crippen LogP contribution in [0.2, 0.25) is 5.02 Å². The first kappa shape index (κ1) is 18.5. The molecule has 1 aromatic heterocycles. The Bertz CT molecular complexity index is 881. The fourth-order valence-corrected chi connectivity index (χ4v) is 3.10. The number of benzene rings is 2. The first-order chi connectivity index (χ1) is 12.6. The molecule has 0 bridgehead atoms. The lowest BCUT2D eigenvalue weighted by Crippen LogP contribution is -2.13. The van der Waals surface area contributed by atoms with Gasteiger partial charge in [0.15, 0.2) is 0 Å². The zero-order chi connectivity index (χ0) is 18.4. The standard InChI is InChI=1S/C19H18ClN3O2S/c1-2-13-6-8-14(9-7-13)10-18-22-23-19(25-18)26-12-17(24)21-16-5-3-4-15(20)11-16/h3-9,11H,2,10,12H2,1H3,(H,21,24). The highest BCUT2D eigenvalue weighted by molar-refractivity contribution is 7.99. The SMILES string of the molecule is CCc1ccc(Cc2nnc(SCC(=O)Nc3cccc(Cl)c3)o2)cc1. The van der Waals surface area contributed by atoms with Crippen molar-refractivity contribution in [1.29, 1.82) is 0 Å². The van der Waals surface area contributed by atoms with Crippen LogP contribution in [0.4, 0.5) is 5.69 Å². The van der Waals surface area contributed by atoms with Gasteiger partial charge >= 0.3 is 0 Å². The maximum atomic E-state index is 12.0. The number of rotatable bonds is 7. The number of carbonyl (C=O) groups is 1. The van der Waals surface area contributed by atoms with Gasteiger partial charge in [-0.3, -0.25) is 4.79 Å². The lowest BCUT2D eigenvalue weighted by molar-refractivity contribution is -0.113. The van der Waals surface area contributed by atoms with Crippen molar-refractivity contribution < 1.29 is 9.21 Å². The number of thioether (sulfide) groups is 1. The Morgan fingerprint density at radius 2 is 1.92 bits per heavy atom. The van der Waals surface area contributed by atoms with Gasteiger partial charge in [0.1, 0.15) is 0 Å². The monoisotopic (exact) mass is 387 g/mol. The van der Waals surface area contributed by atoms with E-state index in [0.717, 1.165) is 12.0 Å². The Morgan fingerprint density at radius 3 is 2.65 bits per heavy atom. The summed E-state index contributed by atoms with van der Waals surface area (Å²) < 4.78 is 5.60. The highest BCUT2D eigenvalue weighted by Gasteiger charge is 2.11. The fourth-order valence-electron chi connectivity index (χ4n) is 2.33. The second kappa shape index (κ2) is 8.87. The van der Waals surface area contributed by atoms with Gasteiger partial charge in [-0.2, -0.15) is 0 Å². The number of aryl methyl sites for hydroxylation is 1. The molecule has 0 spiro atoms. The number of aromatic nitrogens is 2. The van der Waals surface area contributed by atoms with Crippen molar-refractivity contribution in [1.82, 2.24) is 10.2 Å². The molecule has 0 atom stereocenters. The summed E-state index contributed by atoms with van der Waals surface area (Å²) in [6.07, 6.45) is 1.59. The van der Waals surface area contributed by atoms with E-state index >= 15 is 0 Å². The largest absolute Gasteiger partial charge is 0.416 e. The fraction of sp³-hybridized carbons (Fsp3) is 0.211. The molecular weight excluding hydrogens is 370 g/mol. The summed E-state index contributed by atoms with van der Waals surface area (Å²) in [5.41, 5.74) is 3.06. The van der Waals surface area contributed by atoms with E-state index in [2.05, 4.69) is 46.7 Å². The number of halogens is 1. The first-order valence-corrected chi connectivity index (χ1v) is 9.57. The van der Waals surface area contributed by atoms with Crippen molar-refractivity contribution >= 4 is 35.0 Å². The van der Waals surface area contributed by atoms with Gasteiger partial charge < -0.3 is 9.73 Å². The second-order valence-electron chi connectivity index (χ2n) is 5.66. The summed E-state index contributed by atoms with van der Waals surface area (Å²) in [6.45, 7) is 2.12. The van der Waals surface area contributed by atoms with Gasteiger partial charge in [-0.1, -0.05) is 60.6 Å². The van der Waals surface area contributed by atoms with Gasteiger partial charge in [0.25, 0.3) is 5.22 Å². The molecule has 0 aliphatic carbocycles. The summed E-state index contributed by atoms with van der Waals surface area (Å²) in [5.74, 6) is 0.554. The number of hydrogen-bond acceptors (Lipinski definition) is 5. The van der Waals surface area contributed by atoms with Gasteiger partial charge in [-0.25, -0.2) is 0 Å². The first-order valence-electron chi connectivity index (χ1n) is 8.21. The zero-order valence-corrected chi connectivity index (χ0v) is 15.8. The number of nitrogens with zero attached hydrogens (tertiary/aromatic N) is 2. The maximum Gasteiger partial charge on any atom is 0.277 e. The van der Waals surface area contributed by atoms with E-state index in [1.54, 1.807) is 24.3 Å².